The van der Waals surface area contributed by atoms with Crippen molar-refractivity contribution < 1.29 is 0 Å². The Hall–Kier alpha value is -8.20. The van der Waals surface area contributed by atoms with Crippen LogP contribution in [0.25, 0.3) is 77.2 Å². The molecule has 2 heteroatoms. The molecule has 296 valence electrons. The molecule has 0 bridgehead atoms. The number of hydrogen-bond acceptors (Lipinski definition) is 0. The predicted octanol–water partition coefficient (Wildman–Crippen LogP) is 15.6. The number of aromatic nitrogens is 2. The lowest BCUT2D eigenvalue weighted by molar-refractivity contribution is 0.746. The third-order valence-corrected chi connectivity index (χ3v) is 13.1. The summed E-state index contributed by atoms with van der Waals surface area (Å²) in [5, 5.41) is 4.99. The van der Waals surface area contributed by atoms with Crippen LogP contribution in [-0.2, 0) is 5.41 Å². The number of nitrogens with zero attached hydrogens (tertiary/aromatic N) is 2. The second kappa shape index (κ2) is 15.1. The van der Waals surface area contributed by atoms with E-state index in [4.69, 9.17) is 0 Å². The van der Waals surface area contributed by atoms with E-state index < -0.39 is 5.41 Å². The maximum absolute atomic E-state index is 2.46. The lowest BCUT2D eigenvalue weighted by Crippen LogP contribution is -2.30. The molecule has 2 aromatic heterocycles. The van der Waals surface area contributed by atoms with E-state index in [0.717, 1.165) is 11.4 Å². The van der Waals surface area contributed by atoms with Gasteiger partial charge >= 0.3 is 0 Å². The Morgan fingerprint density at radius 2 is 0.571 bits per heavy atom. The SMILES string of the molecule is c1ccc(-c2ccc3c(c2)c2cc(C(c4ccccc4)(c4ccccc4)c4ccccc4)ccc2n3-c2ccc(-c3ccc(-n4c5ccccc5c5ccccc54)cc3)cc2)cc1. The molecule has 10 aromatic carbocycles. The van der Waals surface area contributed by atoms with Crippen molar-refractivity contribution in [1.82, 2.24) is 9.13 Å². The zero-order valence-corrected chi connectivity index (χ0v) is 34.6. The number of rotatable bonds is 8. The normalized spacial score (nSPS) is 11.8. The zero-order valence-electron chi connectivity index (χ0n) is 34.6. The third kappa shape index (κ3) is 5.95. The van der Waals surface area contributed by atoms with Crippen LogP contribution in [0.5, 0.6) is 0 Å². The first-order chi connectivity index (χ1) is 31.3. The molecule has 0 amide bonds. The molecule has 0 fully saturated rings. The molecule has 12 rings (SSSR count). The van der Waals surface area contributed by atoms with Crippen molar-refractivity contribution in [3.63, 3.8) is 0 Å². The summed E-state index contributed by atoms with van der Waals surface area (Å²) in [6.45, 7) is 0. The summed E-state index contributed by atoms with van der Waals surface area (Å²) in [4.78, 5) is 0. The van der Waals surface area contributed by atoms with Gasteiger partial charge in [-0.3, -0.25) is 0 Å². The summed E-state index contributed by atoms with van der Waals surface area (Å²) in [5.41, 5.74) is 16.2. The molecule has 0 N–H and O–H groups in total. The Labute approximate surface area is 367 Å². The molecule has 0 unspecified atom stereocenters. The second-order valence-corrected chi connectivity index (χ2v) is 16.5. The van der Waals surface area contributed by atoms with Gasteiger partial charge in [-0.05, 0) is 105 Å². The summed E-state index contributed by atoms with van der Waals surface area (Å²) >= 11 is 0. The lowest BCUT2D eigenvalue weighted by Gasteiger charge is -2.37. The molecule has 12 aromatic rings. The molecule has 2 heterocycles. The average Bonchev–Trinajstić information content (AvgIpc) is 3.88. The van der Waals surface area contributed by atoms with Crippen molar-refractivity contribution in [3.8, 4) is 33.6 Å². The molecule has 63 heavy (non-hydrogen) atoms. The molecule has 0 spiro atoms. The van der Waals surface area contributed by atoms with E-state index in [1.165, 1.54) is 88.1 Å². The van der Waals surface area contributed by atoms with E-state index in [1.807, 2.05) is 0 Å². The number of hydrogen-bond donors (Lipinski definition) is 0. The maximum Gasteiger partial charge on any atom is 0.0701 e. The Balaban J connectivity index is 1.01. The molecule has 0 aliphatic heterocycles. The van der Waals surface area contributed by atoms with Crippen LogP contribution in [-0.4, -0.2) is 9.13 Å². The molecular formula is C61H42N2. The fourth-order valence-electron chi connectivity index (χ4n) is 10.2. The Kier molecular flexibility index (Phi) is 8.76. The molecule has 0 aliphatic rings. The number of fused-ring (bicyclic) bond motifs is 6. The third-order valence-electron chi connectivity index (χ3n) is 13.1. The van der Waals surface area contributed by atoms with Gasteiger partial charge in [0, 0.05) is 32.9 Å². The van der Waals surface area contributed by atoms with E-state index in [0.29, 0.717) is 0 Å². The average molecular weight is 803 g/mol. The van der Waals surface area contributed by atoms with E-state index in [2.05, 4.69) is 264 Å². The Bertz CT molecular complexity index is 3420. The smallest absolute Gasteiger partial charge is 0.0701 e. The summed E-state index contributed by atoms with van der Waals surface area (Å²) in [7, 11) is 0. The van der Waals surface area contributed by atoms with Crippen LogP contribution in [0.3, 0.4) is 0 Å². The number of para-hydroxylation sites is 2. The molecule has 0 saturated heterocycles. The zero-order chi connectivity index (χ0) is 41.7. The first-order valence-electron chi connectivity index (χ1n) is 21.8. The van der Waals surface area contributed by atoms with Crippen molar-refractivity contribution in [2.75, 3.05) is 0 Å². The van der Waals surface area contributed by atoms with Gasteiger partial charge in [-0.2, -0.15) is 0 Å². The fraction of sp³-hybridized carbons (Fsp3) is 0.0164. The Morgan fingerprint density at radius 3 is 1.05 bits per heavy atom. The first-order valence-corrected chi connectivity index (χ1v) is 21.8. The van der Waals surface area contributed by atoms with Crippen molar-refractivity contribution >= 4 is 43.6 Å². The summed E-state index contributed by atoms with van der Waals surface area (Å²) in [6, 6.07) is 93.3. The van der Waals surface area contributed by atoms with Crippen molar-refractivity contribution in [2.45, 2.75) is 5.41 Å². The standard InChI is InChI=1S/C61H42N2/c1-5-17-43(18-6-1)46-33-39-59-55(41-46)56-42-50(61(47-19-7-2-8-20-47,48-21-9-3-10-22-48)49-23-11-4-12-24-49)34-40-60(56)63(59)52-37-31-45(32-38-52)44-29-35-51(36-30-44)62-57-27-15-13-25-53(57)54-26-14-16-28-58(54)62/h1-42H. The highest BCUT2D eigenvalue weighted by Gasteiger charge is 2.38. The second-order valence-electron chi connectivity index (χ2n) is 16.5. The van der Waals surface area contributed by atoms with E-state index in [9.17, 15) is 0 Å². The van der Waals surface area contributed by atoms with Gasteiger partial charge in [0.2, 0.25) is 0 Å². The van der Waals surface area contributed by atoms with Crippen LogP contribution < -0.4 is 0 Å². The van der Waals surface area contributed by atoms with Crippen molar-refractivity contribution in [3.05, 3.63) is 277 Å². The van der Waals surface area contributed by atoms with Crippen LogP contribution in [0.2, 0.25) is 0 Å². The van der Waals surface area contributed by atoms with Crippen LogP contribution in [0.1, 0.15) is 22.3 Å². The molecule has 2 nitrogen and oxygen atoms in total. The summed E-state index contributed by atoms with van der Waals surface area (Å²) in [6.07, 6.45) is 0. The number of benzene rings is 10. The summed E-state index contributed by atoms with van der Waals surface area (Å²) in [5.74, 6) is 0. The van der Waals surface area contributed by atoms with Crippen LogP contribution in [0.4, 0.5) is 0 Å². The molecule has 0 radical (unpaired) electrons. The van der Waals surface area contributed by atoms with Crippen molar-refractivity contribution in [1.29, 1.82) is 0 Å². The van der Waals surface area contributed by atoms with Gasteiger partial charge in [0.15, 0.2) is 0 Å². The minimum Gasteiger partial charge on any atom is -0.309 e. The van der Waals surface area contributed by atoms with Gasteiger partial charge in [-0.1, -0.05) is 194 Å². The summed E-state index contributed by atoms with van der Waals surface area (Å²) < 4.78 is 4.81. The minimum atomic E-state index is -0.553. The topological polar surface area (TPSA) is 9.86 Å². The van der Waals surface area contributed by atoms with Crippen LogP contribution >= 0.6 is 0 Å². The largest absolute Gasteiger partial charge is 0.309 e. The van der Waals surface area contributed by atoms with Gasteiger partial charge in [-0.25, -0.2) is 0 Å². The fourth-order valence-corrected chi connectivity index (χ4v) is 10.2. The van der Waals surface area contributed by atoms with E-state index in [1.54, 1.807) is 0 Å². The van der Waals surface area contributed by atoms with Crippen LogP contribution in [0, 0.1) is 0 Å². The van der Waals surface area contributed by atoms with Gasteiger partial charge in [-0.15, -0.1) is 0 Å². The first kappa shape index (κ1) is 36.6. The van der Waals surface area contributed by atoms with Gasteiger partial charge in [0.25, 0.3) is 0 Å². The molecule has 0 aliphatic carbocycles. The lowest BCUT2D eigenvalue weighted by atomic mass is 9.65. The van der Waals surface area contributed by atoms with E-state index >= 15 is 0 Å². The van der Waals surface area contributed by atoms with Crippen LogP contribution in [0.15, 0.2) is 255 Å². The monoisotopic (exact) mass is 802 g/mol. The molecular weight excluding hydrogens is 761 g/mol. The van der Waals surface area contributed by atoms with Gasteiger partial charge < -0.3 is 9.13 Å². The van der Waals surface area contributed by atoms with E-state index in [-0.39, 0.29) is 0 Å². The van der Waals surface area contributed by atoms with Crippen molar-refractivity contribution in [2.24, 2.45) is 0 Å². The highest BCUT2D eigenvalue weighted by molar-refractivity contribution is 6.11. The van der Waals surface area contributed by atoms with Gasteiger partial charge in [0.1, 0.15) is 0 Å². The minimum absolute atomic E-state index is 0.553. The highest BCUT2D eigenvalue weighted by atomic mass is 15.0. The quantitative estimate of drug-likeness (QED) is 0.135. The maximum atomic E-state index is 2.46. The Morgan fingerprint density at radius 1 is 0.222 bits per heavy atom. The highest BCUT2D eigenvalue weighted by Crippen LogP contribution is 2.47. The molecule has 0 saturated carbocycles. The molecule has 0 atom stereocenters. The predicted molar refractivity (Wildman–Crippen MR) is 264 cm³/mol. The van der Waals surface area contributed by atoms with Gasteiger partial charge in [0.05, 0.1) is 27.5 Å².